The van der Waals surface area contributed by atoms with Gasteiger partial charge in [-0.2, -0.15) is 0 Å². The van der Waals surface area contributed by atoms with Crippen molar-refractivity contribution in [1.29, 1.82) is 0 Å². The van der Waals surface area contributed by atoms with Crippen molar-refractivity contribution in [1.82, 2.24) is 0 Å². The van der Waals surface area contributed by atoms with Crippen LogP contribution in [0.3, 0.4) is 0 Å². The molecule has 0 amide bonds. The van der Waals surface area contributed by atoms with Gasteiger partial charge in [0.05, 0.1) is 13.2 Å². The van der Waals surface area contributed by atoms with Crippen LogP contribution in [-0.4, -0.2) is 40.4 Å². The van der Waals surface area contributed by atoms with E-state index in [1.165, 1.54) is 28.1 Å². The van der Waals surface area contributed by atoms with E-state index in [2.05, 4.69) is 147 Å². The molecule has 0 bridgehead atoms. The summed E-state index contributed by atoms with van der Waals surface area (Å²) in [5, 5.41) is 0. The molecular weight excluding hydrogens is 540 g/mol. The van der Waals surface area contributed by atoms with Crippen LogP contribution >= 0.6 is 0 Å². The molecule has 0 aliphatic carbocycles. The molecule has 230 valence electrons. The number of nitrogens with zero attached hydrogens (tertiary/aromatic N) is 2. The van der Waals surface area contributed by atoms with E-state index in [9.17, 15) is 0 Å². The third kappa shape index (κ3) is 8.28. The summed E-state index contributed by atoms with van der Waals surface area (Å²) in [5.74, 6) is 0. The SMILES string of the molecule is CCN(CC)c1ccc(C(=CC=C(c2ccc(COC)cc2)c2ccc(COC)cc2)c2ccc(N(CC)CC)cc2)cc1. The third-order valence-electron chi connectivity index (χ3n) is 8.18. The fraction of sp³-hybridized carbons (Fsp3) is 0.300. The Kier molecular flexibility index (Phi) is 12.4. The number of ether oxygens (including phenoxy) is 2. The van der Waals surface area contributed by atoms with Crippen molar-refractivity contribution in [3.8, 4) is 0 Å². The van der Waals surface area contributed by atoms with Gasteiger partial charge in [-0.3, -0.25) is 0 Å². The monoisotopic (exact) mass is 588 g/mol. The first-order valence-electron chi connectivity index (χ1n) is 15.8. The molecule has 0 radical (unpaired) electrons. The van der Waals surface area contributed by atoms with Gasteiger partial charge in [-0.05, 0) is 96.5 Å². The molecule has 0 heterocycles. The summed E-state index contributed by atoms with van der Waals surface area (Å²) in [7, 11) is 3.46. The van der Waals surface area contributed by atoms with Crippen molar-refractivity contribution in [2.75, 3.05) is 50.2 Å². The summed E-state index contributed by atoms with van der Waals surface area (Å²) < 4.78 is 10.7. The van der Waals surface area contributed by atoms with Gasteiger partial charge in [0.1, 0.15) is 0 Å². The molecule has 4 rings (SSSR count). The minimum atomic E-state index is 0.599. The zero-order chi connectivity index (χ0) is 31.3. The highest BCUT2D eigenvalue weighted by atomic mass is 16.5. The van der Waals surface area contributed by atoms with E-state index in [0.717, 1.165) is 54.0 Å². The number of allylic oxidation sites excluding steroid dienone is 2. The molecule has 0 aromatic heterocycles. The molecule has 0 aliphatic heterocycles. The molecule has 0 aliphatic rings. The normalized spacial score (nSPS) is 10.8. The molecular formula is C40H48N2O2. The molecule has 0 saturated carbocycles. The van der Waals surface area contributed by atoms with Crippen LogP contribution in [0.2, 0.25) is 0 Å². The smallest absolute Gasteiger partial charge is 0.0713 e. The first-order valence-corrected chi connectivity index (χ1v) is 15.8. The average Bonchev–Trinajstić information content (AvgIpc) is 3.07. The van der Waals surface area contributed by atoms with E-state index in [0.29, 0.717) is 13.2 Å². The Balaban J connectivity index is 1.84. The second kappa shape index (κ2) is 16.7. The second-order valence-corrected chi connectivity index (χ2v) is 10.9. The van der Waals surface area contributed by atoms with Crippen LogP contribution in [0.4, 0.5) is 11.4 Å². The quantitative estimate of drug-likeness (QED) is 0.129. The topological polar surface area (TPSA) is 24.9 Å². The summed E-state index contributed by atoms with van der Waals surface area (Å²) >= 11 is 0. The zero-order valence-electron chi connectivity index (χ0n) is 27.3. The number of rotatable bonds is 15. The van der Waals surface area contributed by atoms with E-state index in [1.54, 1.807) is 14.2 Å². The molecule has 4 nitrogen and oxygen atoms in total. The van der Waals surface area contributed by atoms with Crippen LogP contribution < -0.4 is 9.80 Å². The van der Waals surface area contributed by atoms with Crippen LogP contribution in [0.25, 0.3) is 11.1 Å². The molecule has 0 unspecified atom stereocenters. The highest BCUT2D eigenvalue weighted by Gasteiger charge is 2.11. The lowest BCUT2D eigenvalue weighted by Crippen LogP contribution is -2.21. The first-order chi connectivity index (χ1) is 21.5. The second-order valence-electron chi connectivity index (χ2n) is 10.9. The molecule has 4 heteroatoms. The minimum Gasteiger partial charge on any atom is -0.380 e. The van der Waals surface area contributed by atoms with Crippen LogP contribution in [0, 0.1) is 0 Å². The molecule has 0 atom stereocenters. The van der Waals surface area contributed by atoms with Gasteiger partial charge in [-0.25, -0.2) is 0 Å². The Morgan fingerprint density at radius 3 is 0.977 bits per heavy atom. The van der Waals surface area contributed by atoms with E-state index in [-0.39, 0.29) is 0 Å². The van der Waals surface area contributed by atoms with Crippen LogP contribution in [0.15, 0.2) is 109 Å². The van der Waals surface area contributed by atoms with Gasteiger partial charge >= 0.3 is 0 Å². The lowest BCUT2D eigenvalue weighted by molar-refractivity contribution is 0.185. The summed E-state index contributed by atoms with van der Waals surface area (Å²) in [6, 6.07) is 35.3. The predicted octanol–water partition coefficient (Wildman–Crippen LogP) is 9.24. The standard InChI is InChI=1S/C40H48N2O2/c1-7-41(8-2)37-23-19-35(20-24-37)40(36-21-25-38(26-22-36)42(9-3)10-4)28-27-39(33-15-11-31(12-16-33)29-43-5)34-17-13-32(14-18-34)30-44-6/h11-28H,7-10,29-30H2,1-6H3. The average molecular weight is 589 g/mol. The highest BCUT2D eigenvalue weighted by molar-refractivity contribution is 5.87. The van der Waals surface area contributed by atoms with Gasteiger partial charge in [0.15, 0.2) is 0 Å². The van der Waals surface area contributed by atoms with Gasteiger partial charge < -0.3 is 19.3 Å². The maximum Gasteiger partial charge on any atom is 0.0713 e. The van der Waals surface area contributed by atoms with Crippen molar-refractivity contribution in [3.05, 3.63) is 143 Å². The number of anilines is 2. The fourth-order valence-corrected chi connectivity index (χ4v) is 5.66. The van der Waals surface area contributed by atoms with E-state index < -0.39 is 0 Å². The van der Waals surface area contributed by atoms with E-state index in [1.807, 2.05) is 0 Å². The van der Waals surface area contributed by atoms with Crippen molar-refractivity contribution in [3.63, 3.8) is 0 Å². The van der Waals surface area contributed by atoms with E-state index >= 15 is 0 Å². The van der Waals surface area contributed by atoms with E-state index in [4.69, 9.17) is 9.47 Å². The Hall–Kier alpha value is -4.12. The maximum atomic E-state index is 5.36. The maximum absolute atomic E-state index is 5.36. The van der Waals surface area contributed by atoms with Crippen molar-refractivity contribution >= 4 is 22.5 Å². The van der Waals surface area contributed by atoms with Gasteiger partial charge in [-0.1, -0.05) is 84.9 Å². The first kappa shape index (κ1) is 32.8. The molecule has 4 aromatic rings. The lowest BCUT2D eigenvalue weighted by atomic mass is 9.93. The summed E-state index contributed by atoms with van der Waals surface area (Å²) in [5.41, 5.74) is 11.9. The van der Waals surface area contributed by atoms with Crippen molar-refractivity contribution < 1.29 is 9.47 Å². The summed E-state index contributed by atoms with van der Waals surface area (Å²) in [6.07, 6.45) is 4.54. The molecule has 4 aromatic carbocycles. The number of hydrogen-bond acceptors (Lipinski definition) is 4. The third-order valence-corrected chi connectivity index (χ3v) is 8.18. The van der Waals surface area contributed by atoms with Gasteiger partial charge in [0.2, 0.25) is 0 Å². The zero-order valence-corrected chi connectivity index (χ0v) is 27.3. The molecule has 0 saturated heterocycles. The Labute approximate surface area is 265 Å². The van der Waals surface area contributed by atoms with Crippen molar-refractivity contribution in [2.45, 2.75) is 40.9 Å². The Morgan fingerprint density at radius 1 is 0.455 bits per heavy atom. The lowest BCUT2D eigenvalue weighted by Gasteiger charge is -2.22. The van der Waals surface area contributed by atoms with Crippen LogP contribution in [0.1, 0.15) is 61.1 Å². The van der Waals surface area contributed by atoms with Crippen molar-refractivity contribution in [2.24, 2.45) is 0 Å². The summed E-state index contributed by atoms with van der Waals surface area (Å²) in [4.78, 5) is 4.76. The highest BCUT2D eigenvalue weighted by Crippen LogP contribution is 2.31. The minimum absolute atomic E-state index is 0.599. The number of methoxy groups -OCH3 is 2. The van der Waals surface area contributed by atoms with Gasteiger partial charge in [0.25, 0.3) is 0 Å². The Morgan fingerprint density at radius 2 is 0.727 bits per heavy atom. The number of benzene rings is 4. The molecule has 0 N–H and O–H groups in total. The molecule has 0 fully saturated rings. The fourth-order valence-electron chi connectivity index (χ4n) is 5.66. The predicted molar refractivity (Wildman–Crippen MR) is 188 cm³/mol. The van der Waals surface area contributed by atoms with Gasteiger partial charge in [-0.15, -0.1) is 0 Å². The molecule has 0 spiro atoms. The van der Waals surface area contributed by atoms with Gasteiger partial charge in [0, 0.05) is 51.8 Å². The Bertz CT molecular complexity index is 1370. The largest absolute Gasteiger partial charge is 0.380 e. The number of hydrogen-bond donors (Lipinski definition) is 0. The summed E-state index contributed by atoms with van der Waals surface area (Å²) in [6.45, 7) is 14.0. The van der Waals surface area contributed by atoms with Crippen LogP contribution in [0.5, 0.6) is 0 Å². The molecule has 44 heavy (non-hydrogen) atoms. The van der Waals surface area contributed by atoms with Crippen LogP contribution in [-0.2, 0) is 22.7 Å².